The zero-order valence-corrected chi connectivity index (χ0v) is 19.3. The summed E-state index contributed by atoms with van der Waals surface area (Å²) < 4.78 is 11.8. The lowest BCUT2D eigenvalue weighted by molar-refractivity contribution is -0.0144. The van der Waals surface area contributed by atoms with Crippen molar-refractivity contribution >= 4 is 0 Å². The lowest BCUT2D eigenvalue weighted by Crippen LogP contribution is -2.25. The second-order valence-corrected chi connectivity index (χ2v) is 8.89. The summed E-state index contributed by atoms with van der Waals surface area (Å²) in [5.74, 6) is 0. The summed E-state index contributed by atoms with van der Waals surface area (Å²) in [5.41, 5.74) is 0. The molecule has 0 unspecified atom stereocenters. The zero-order chi connectivity index (χ0) is 20.1. The standard InChI is InChI=1S/C25H51NO2/c1-3-4-5-6-7-8-9-10-11-12-13-14-15-16-17-18-21-27-23-25-20-19-24(28-25)22-26-2/h24-26H,3-23H2,1-2H3/t24-,25+/m0/s1. The average molecular weight is 398 g/mol. The van der Waals surface area contributed by atoms with Crippen LogP contribution < -0.4 is 5.32 Å². The van der Waals surface area contributed by atoms with Gasteiger partial charge in [0.25, 0.3) is 0 Å². The van der Waals surface area contributed by atoms with E-state index in [1.54, 1.807) is 0 Å². The number of unbranched alkanes of at least 4 members (excludes halogenated alkanes) is 15. The second-order valence-electron chi connectivity index (χ2n) is 8.89. The fourth-order valence-electron chi connectivity index (χ4n) is 4.25. The molecule has 1 aliphatic rings. The van der Waals surface area contributed by atoms with Gasteiger partial charge in [-0.25, -0.2) is 0 Å². The summed E-state index contributed by atoms with van der Waals surface area (Å²) in [6, 6.07) is 0. The molecular formula is C25H51NO2. The molecule has 28 heavy (non-hydrogen) atoms. The van der Waals surface area contributed by atoms with Gasteiger partial charge in [0, 0.05) is 13.2 Å². The minimum absolute atomic E-state index is 0.333. The van der Waals surface area contributed by atoms with E-state index in [1.165, 1.54) is 109 Å². The van der Waals surface area contributed by atoms with Gasteiger partial charge < -0.3 is 14.8 Å². The van der Waals surface area contributed by atoms with Crippen LogP contribution in [0.25, 0.3) is 0 Å². The summed E-state index contributed by atoms with van der Waals surface area (Å²) in [6.45, 7) is 4.96. The Morgan fingerprint density at radius 1 is 0.679 bits per heavy atom. The van der Waals surface area contributed by atoms with Crippen LogP contribution in [0.1, 0.15) is 122 Å². The van der Waals surface area contributed by atoms with Gasteiger partial charge in [0.15, 0.2) is 0 Å². The van der Waals surface area contributed by atoms with E-state index in [1.807, 2.05) is 7.05 Å². The van der Waals surface area contributed by atoms with Crippen LogP contribution in [0.3, 0.4) is 0 Å². The first-order valence-corrected chi connectivity index (χ1v) is 12.7. The van der Waals surface area contributed by atoms with Gasteiger partial charge in [0.05, 0.1) is 18.8 Å². The maximum atomic E-state index is 5.95. The predicted octanol–water partition coefficient (Wildman–Crippen LogP) is 7.03. The number of rotatable bonds is 21. The molecule has 2 atom stereocenters. The van der Waals surface area contributed by atoms with Gasteiger partial charge >= 0.3 is 0 Å². The summed E-state index contributed by atoms with van der Waals surface area (Å²) in [7, 11) is 1.99. The predicted molar refractivity (Wildman–Crippen MR) is 122 cm³/mol. The van der Waals surface area contributed by atoms with Crippen molar-refractivity contribution < 1.29 is 9.47 Å². The smallest absolute Gasteiger partial charge is 0.0813 e. The summed E-state index contributed by atoms with van der Waals surface area (Å²) in [5, 5.41) is 3.19. The van der Waals surface area contributed by atoms with Gasteiger partial charge in [0.1, 0.15) is 0 Å². The summed E-state index contributed by atoms with van der Waals surface area (Å²) in [6.07, 6.45) is 25.8. The molecule has 0 aromatic rings. The topological polar surface area (TPSA) is 30.5 Å². The molecule has 0 amide bonds. The van der Waals surface area contributed by atoms with Crippen LogP contribution in [0.5, 0.6) is 0 Å². The molecule has 3 nitrogen and oxygen atoms in total. The van der Waals surface area contributed by atoms with Crippen LogP contribution in [0.2, 0.25) is 0 Å². The Hall–Kier alpha value is -0.120. The van der Waals surface area contributed by atoms with Crippen molar-refractivity contribution in [1.29, 1.82) is 0 Å². The first-order valence-electron chi connectivity index (χ1n) is 12.7. The van der Waals surface area contributed by atoms with E-state index in [-0.39, 0.29) is 0 Å². The van der Waals surface area contributed by atoms with Crippen LogP contribution in [-0.4, -0.2) is 39.0 Å². The Morgan fingerprint density at radius 3 is 1.64 bits per heavy atom. The van der Waals surface area contributed by atoms with Crippen molar-refractivity contribution in [3.05, 3.63) is 0 Å². The fourth-order valence-corrected chi connectivity index (χ4v) is 4.25. The van der Waals surface area contributed by atoms with Gasteiger partial charge in [-0.2, -0.15) is 0 Å². The van der Waals surface area contributed by atoms with Gasteiger partial charge in [-0.05, 0) is 26.3 Å². The van der Waals surface area contributed by atoms with Crippen LogP contribution >= 0.6 is 0 Å². The quantitative estimate of drug-likeness (QED) is 0.211. The molecule has 1 heterocycles. The number of ether oxygens (including phenoxy) is 2. The Morgan fingerprint density at radius 2 is 1.14 bits per heavy atom. The van der Waals surface area contributed by atoms with Gasteiger partial charge in [0.2, 0.25) is 0 Å². The summed E-state index contributed by atoms with van der Waals surface area (Å²) >= 11 is 0. The first kappa shape index (κ1) is 25.9. The minimum Gasteiger partial charge on any atom is -0.379 e. The number of hydrogen-bond acceptors (Lipinski definition) is 3. The van der Waals surface area contributed by atoms with Crippen molar-refractivity contribution in [3.63, 3.8) is 0 Å². The van der Waals surface area contributed by atoms with E-state index in [4.69, 9.17) is 9.47 Å². The lowest BCUT2D eigenvalue weighted by atomic mass is 10.0. The molecule has 0 aromatic heterocycles. The molecule has 1 N–H and O–H groups in total. The second kappa shape index (κ2) is 20.2. The molecule has 1 saturated heterocycles. The highest BCUT2D eigenvalue weighted by Crippen LogP contribution is 2.19. The number of likely N-dealkylation sites (N-methyl/N-ethyl adjacent to an activating group) is 1. The van der Waals surface area contributed by atoms with E-state index in [0.717, 1.165) is 26.2 Å². The minimum atomic E-state index is 0.333. The first-order chi connectivity index (χ1) is 13.9. The third kappa shape index (κ3) is 15.8. The van der Waals surface area contributed by atoms with Crippen molar-refractivity contribution in [2.75, 3.05) is 26.8 Å². The number of nitrogens with one attached hydrogen (secondary N) is 1. The van der Waals surface area contributed by atoms with Crippen molar-refractivity contribution in [2.24, 2.45) is 0 Å². The van der Waals surface area contributed by atoms with E-state index in [0.29, 0.717) is 12.2 Å². The Balaban J connectivity index is 1.68. The fraction of sp³-hybridized carbons (Fsp3) is 1.00. The van der Waals surface area contributed by atoms with Crippen molar-refractivity contribution in [3.8, 4) is 0 Å². The molecule has 3 heteroatoms. The molecule has 0 spiro atoms. The van der Waals surface area contributed by atoms with Gasteiger partial charge in [-0.15, -0.1) is 0 Å². The Bertz CT molecular complexity index is 311. The highest BCUT2D eigenvalue weighted by atomic mass is 16.5. The number of hydrogen-bond donors (Lipinski definition) is 1. The maximum Gasteiger partial charge on any atom is 0.0813 e. The van der Waals surface area contributed by atoms with E-state index in [2.05, 4.69) is 12.2 Å². The molecule has 1 aliphatic heterocycles. The molecular weight excluding hydrogens is 346 g/mol. The van der Waals surface area contributed by atoms with E-state index >= 15 is 0 Å². The molecule has 0 bridgehead atoms. The molecule has 1 fully saturated rings. The van der Waals surface area contributed by atoms with Crippen LogP contribution in [0.15, 0.2) is 0 Å². The lowest BCUT2D eigenvalue weighted by Gasteiger charge is -2.13. The zero-order valence-electron chi connectivity index (χ0n) is 19.3. The molecule has 1 rings (SSSR count). The van der Waals surface area contributed by atoms with Crippen LogP contribution in [0, 0.1) is 0 Å². The monoisotopic (exact) mass is 397 g/mol. The van der Waals surface area contributed by atoms with Gasteiger partial charge in [-0.3, -0.25) is 0 Å². The van der Waals surface area contributed by atoms with Crippen molar-refractivity contribution in [2.45, 2.75) is 135 Å². The molecule has 168 valence electrons. The average Bonchev–Trinajstić information content (AvgIpc) is 3.15. The highest BCUT2D eigenvalue weighted by molar-refractivity contribution is 4.74. The van der Waals surface area contributed by atoms with Crippen molar-refractivity contribution in [1.82, 2.24) is 5.32 Å². The Labute approximate surface area is 176 Å². The summed E-state index contributed by atoms with van der Waals surface area (Å²) in [4.78, 5) is 0. The SMILES string of the molecule is CCCCCCCCCCCCCCCCCCOC[C@H]1CC[C@@H](CNC)O1. The van der Waals surface area contributed by atoms with Crippen LogP contribution in [-0.2, 0) is 9.47 Å². The van der Waals surface area contributed by atoms with E-state index < -0.39 is 0 Å². The van der Waals surface area contributed by atoms with Gasteiger partial charge in [-0.1, -0.05) is 103 Å². The third-order valence-corrected chi connectivity index (χ3v) is 6.07. The van der Waals surface area contributed by atoms with E-state index in [9.17, 15) is 0 Å². The normalized spacial score (nSPS) is 19.5. The maximum absolute atomic E-state index is 5.95. The molecule has 0 aliphatic carbocycles. The molecule has 0 saturated carbocycles. The molecule has 0 radical (unpaired) electrons. The molecule has 0 aromatic carbocycles. The largest absolute Gasteiger partial charge is 0.379 e. The highest BCUT2D eigenvalue weighted by Gasteiger charge is 2.24. The Kier molecular flexibility index (Phi) is 18.7. The van der Waals surface area contributed by atoms with Crippen LogP contribution in [0.4, 0.5) is 0 Å². The third-order valence-electron chi connectivity index (χ3n) is 6.07.